The molecule has 5 heteroatoms. The molecule has 0 unspecified atom stereocenters. The van der Waals surface area contributed by atoms with Gasteiger partial charge in [0.25, 0.3) is 5.91 Å². The molecule has 0 radical (unpaired) electrons. The zero-order valence-corrected chi connectivity index (χ0v) is 12.2. The van der Waals surface area contributed by atoms with Crippen molar-refractivity contribution in [3.63, 3.8) is 0 Å². The highest BCUT2D eigenvalue weighted by Gasteiger charge is 2.33. The number of benzene rings is 1. The van der Waals surface area contributed by atoms with Crippen LogP contribution in [0.1, 0.15) is 19.4 Å². The summed E-state index contributed by atoms with van der Waals surface area (Å²) < 4.78 is 0. The second-order valence-electron chi connectivity index (χ2n) is 4.93. The second-order valence-corrected chi connectivity index (χ2v) is 6.58. The van der Waals surface area contributed by atoms with E-state index in [0.29, 0.717) is 11.8 Å². The Morgan fingerprint density at radius 3 is 2.32 bits per heavy atom. The molecule has 1 heterocycles. The minimum absolute atomic E-state index is 0.131. The highest BCUT2D eigenvalue weighted by molar-refractivity contribution is 7.99. The number of nitrogens with zero attached hydrogens (tertiary/aromatic N) is 2. The number of hydrogen-bond acceptors (Lipinski definition) is 3. The maximum atomic E-state index is 11.8. The average Bonchev–Trinajstić information content (AvgIpc) is 2.58. The van der Waals surface area contributed by atoms with Crippen LogP contribution in [0.25, 0.3) is 0 Å². The summed E-state index contributed by atoms with van der Waals surface area (Å²) in [6, 6.07) is 7.81. The summed E-state index contributed by atoms with van der Waals surface area (Å²) in [7, 11) is 1.64. The number of hydrogen-bond donors (Lipinski definition) is 0. The zero-order chi connectivity index (χ0) is 14.0. The number of carbonyl (C=O) groups is 2. The summed E-state index contributed by atoms with van der Waals surface area (Å²) in [4.78, 5) is 27.4. The maximum absolute atomic E-state index is 11.8. The summed E-state index contributed by atoms with van der Waals surface area (Å²) in [6.07, 6.45) is 0. The van der Waals surface area contributed by atoms with Crippen LogP contribution < -0.4 is 0 Å². The summed E-state index contributed by atoms with van der Waals surface area (Å²) >= 11 is 1.80. The standard InChI is InChI=1S/C14H18N2O2S/c1-10(2)19-12-6-4-11(5-7-12)8-16-13(17)9-15(3)14(16)18/h4-7,10H,8-9H2,1-3H3. The van der Waals surface area contributed by atoms with Crippen molar-refractivity contribution < 1.29 is 9.59 Å². The van der Waals surface area contributed by atoms with Crippen molar-refractivity contribution in [3.8, 4) is 0 Å². The fourth-order valence-electron chi connectivity index (χ4n) is 1.95. The number of thioether (sulfide) groups is 1. The molecule has 0 bridgehead atoms. The topological polar surface area (TPSA) is 40.6 Å². The smallest absolute Gasteiger partial charge is 0.318 e. The Balaban J connectivity index is 2.04. The third-order valence-corrected chi connectivity index (χ3v) is 3.88. The van der Waals surface area contributed by atoms with Gasteiger partial charge in [-0.2, -0.15) is 0 Å². The first-order valence-corrected chi connectivity index (χ1v) is 7.16. The Bertz CT molecular complexity index is 485. The Kier molecular flexibility index (Phi) is 4.14. The lowest BCUT2D eigenvalue weighted by atomic mass is 10.2. The number of imide groups is 1. The molecule has 0 saturated carbocycles. The Morgan fingerprint density at radius 1 is 1.21 bits per heavy atom. The van der Waals surface area contributed by atoms with Gasteiger partial charge in [0.15, 0.2) is 0 Å². The van der Waals surface area contributed by atoms with Crippen LogP contribution in [-0.2, 0) is 11.3 Å². The van der Waals surface area contributed by atoms with Crippen molar-refractivity contribution in [2.75, 3.05) is 13.6 Å². The van der Waals surface area contributed by atoms with E-state index in [4.69, 9.17) is 0 Å². The lowest BCUT2D eigenvalue weighted by Gasteiger charge is -2.14. The molecule has 0 aromatic heterocycles. The van der Waals surface area contributed by atoms with Crippen LogP contribution in [0, 0.1) is 0 Å². The quantitative estimate of drug-likeness (QED) is 0.628. The third kappa shape index (κ3) is 3.29. The van der Waals surface area contributed by atoms with E-state index in [0.717, 1.165) is 5.56 Å². The van der Waals surface area contributed by atoms with Gasteiger partial charge in [-0.15, -0.1) is 11.8 Å². The van der Waals surface area contributed by atoms with E-state index < -0.39 is 0 Å². The number of carbonyl (C=O) groups excluding carboxylic acids is 2. The third-order valence-electron chi connectivity index (χ3n) is 2.87. The van der Waals surface area contributed by atoms with Gasteiger partial charge in [-0.05, 0) is 17.7 Å². The van der Waals surface area contributed by atoms with Gasteiger partial charge < -0.3 is 4.90 Å². The molecule has 0 N–H and O–H groups in total. The van der Waals surface area contributed by atoms with Gasteiger partial charge in [-0.25, -0.2) is 4.79 Å². The van der Waals surface area contributed by atoms with Crippen molar-refractivity contribution in [2.24, 2.45) is 0 Å². The molecular weight excluding hydrogens is 260 g/mol. The second kappa shape index (κ2) is 5.65. The van der Waals surface area contributed by atoms with Crippen LogP contribution in [0.2, 0.25) is 0 Å². The number of amides is 3. The fraction of sp³-hybridized carbons (Fsp3) is 0.429. The molecule has 1 fully saturated rings. The maximum Gasteiger partial charge on any atom is 0.327 e. The fourth-order valence-corrected chi connectivity index (χ4v) is 2.79. The minimum Gasteiger partial charge on any atom is -0.318 e. The SMILES string of the molecule is CC(C)Sc1ccc(CN2C(=O)CN(C)C2=O)cc1. The van der Waals surface area contributed by atoms with Crippen LogP contribution in [0.3, 0.4) is 0 Å². The molecule has 4 nitrogen and oxygen atoms in total. The van der Waals surface area contributed by atoms with Crippen molar-refractivity contribution in [1.82, 2.24) is 9.80 Å². The molecule has 3 amide bonds. The van der Waals surface area contributed by atoms with Gasteiger partial charge >= 0.3 is 6.03 Å². The molecule has 1 aliphatic heterocycles. The largest absolute Gasteiger partial charge is 0.327 e. The average molecular weight is 278 g/mol. The first-order chi connectivity index (χ1) is 8.97. The molecule has 0 spiro atoms. The number of urea groups is 1. The van der Waals surface area contributed by atoms with Crippen LogP contribution >= 0.6 is 11.8 Å². The summed E-state index contributed by atoms with van der Waals surface area (Å²) in [5.74, 6) is -0.131. The first-order valence-electron chi connectivity index (χ1n) is 6.28. The Labute approximate surface area is 117 Å². The van der Waals surface area contributed by atoms with Crippen LogP contribution in [0.5, 0.6) is 0 Å². The van der Waals surface area contributed by atoms with Crippen LogP contribution in [0.15, 0.2) is 29.2 Å². The highest BCUT2D eigenvalue weighted by atomic mass is 32.2. The van der Waals surface area contributed by atoms with Gasteiger partial charge in [-0.3, -0.25) is 9.69 Å². The van der Waals surface area contributed by atoms with Gasteiger partial charge in [-0.1, -0.05) is 26.0 Å². The molecule has 19 heavy (non-hydrogen) atoms. The molecule has 1 aliphatic rings. The van der Waals surface area contributed by atoms with E-state index in [-0.39, 0.29) is 18.5 Å². The van der Waals surface area contributed by atoms with E-state index in [1.807, 2.05) is 24.3 Å². The first kappa shape index (κ1) is 13.9. The normalized spacial score (nSPS) is 15.8. The minimum atomic E-state index is -0.217. The Hall–Kier alpha value is -1.49. The lowest BCUT2D eigenvalue weighted by Crippen LogP contribution is -2.30. The zero-order valence-electron chi connectivity index (χ0n) is 11.4. The van der Waals surface area contributed by atoms with Gasteiger partial charge in [0.2, 0.25) is 0 Å². The molecule has 0 atom stereocenters. The summed E-state index contributed by atoms with van der Waals surface area (Å²) in [5.41, 5.74) is 0.977. The van der Waals surface area contributed by atoms with Crippen molar-refractivity contribution in [2.45, 2.75) is 30.5 Å². The molecule has 0 aliphatic carbocycles. The number of rotatable bonds is 4. The van der Waals surface area contributed by atoms with Gasteiger partial charge in [0, 0.05) is 17.2 Å². The molecule has 102 valence electrons. The van der Waals surface area contributed by atoms with Crippen molar-refractivity contribution >= 4 is 23.7 Å². The predicted molar refractivity (Wildman–Crippen MR) is 76.0 cm³/mol. The monoisotopic (exact) mass is 278 g/mol. The Morgan fingerprint density at radius 2 is 1.84 bits per heavy atom. The van der Waals surface area contributed by atoms with Crippen LogP contribution in [-0.4, -0.2) is 40.6 Å². The summed E-state index contributed by atoms with van der Waals surface area (Å²) in [5, 5.41) is 0.543. The lowest BCUT2D eigenvalue weighted by molar-refractivity contribution is -0.125. The van der Waals surface area contributed by atoms with E-state index >= 15 is 0 Å². The van der Waals surface area contributed by atoms with Crippen molar-refractivity contribution in [1.29, 1.82) is 0 Å². The van der Waals surface area contributed by atoms with E-state index in [2.05, 4.69) is 13.8 Å². The molecule has 1 saturated heterocycles. The molecule has 2 rings (SSSR count). The van der Waals surface area contributed by atoms with Gasteiger partial charge in [0.1, 0.15) is 6.54 Å². The molecule has 1 aromatic rings. The van der Waals surface area contributed by atoms with Crippen LogP contribution in [0.4, 0.5) is 4.79 Å². The summed E-state index contributed by atoms with van der Waals surface area (Å²) in [6.45, 7) is 4.83. The van der Waals surface area contributed by atoms with Gasteiger partial charge in [0.05, 0.1) is 6.54 Å². The predicted octanol–water partition coefficient (Wildman–Crippen LogP) is 2.58. The molecular formula is C14H18N2O2S. The highest BCUT2D eigenvalue weighted by Crippen LogP contribution is 2.23. The van der Waals surface area contributed by atoms with Crippen molar-refractivity contribution in [3.05, 3.63) is 29.8 Å². The molecule has 1 aromatic carbocycles. The van der Waals surface area contributed by atoms with E-state index in [9.17, 15) is 9.59 Å². The van der Waals surface area contributed by atoms with E-state index in [1.54, 1.807) is 18.8 Å². The number of likely N-dealkylation sites (N-methyl/N-ethyl adjacent to an activating group) is 1. The van der Waals surface area contributed by atoms with E-state index in [1.165, 1.54) is 14.7 Å².